The molecule has 1 N–H and O–H groups in total. The van der Waals surface area contributed by atoms with E-state index in [-0.39, 0.29) is 21.3 Å². The van der Waals surface area contributed by atoms with Crippen molar-refractivity contribution in [3.05, 3.63) is 55.9 Å². The molecule has 0 amide bonds. The zero-order valence-corrected chi connectivity index (χ0v) is 15.5. The number of hydrogen-bond acceptors (Lipinski definition) is 5. The van der Waals surface area contributed by atoms with Gasteiger partial charge in [0.25, 0.3) is 15.6 Å². The van der Waals surface area contributed by atoms with E-state index in [1.54, 1.807) is 30.5 Å². The molecule has 3 rings (SSSR count). The first-order valence-electron chi connectivity index (χ1n) is 6.97. The molecule has 0 saturated heterocycles. The molecule has 1 aromatic carbocycles. The quantitative estimate of drug-likeness (QED) is 0.753. The number of fused-ring (bicyclic) bond motifs is 1. The summed E-state index contributed by atoms with van der Waals surface area (Å²) in [5, 5.41) is 2.01. The van der Waals surface area contributed by atoms with Crippen molar-refractivity contribution in [1.29, 1.82) is 0 Å². The van der Waals surface area contributed by atoms with E-state index in [1.807, 2.05) is 6.92 Å². The number of aryl methyl sites for hydroxylation is 3. The van der Waals surface area contributed by atoms with E-state index in [1.165, 1.54) is 22.7 Å². The first kappa shape index (κ1) is 16.9. The highest BCUT2D eigenvalue weighted by Gasteiger charge is 2.25. The van der Waals surface area contributed by atoms with E-state index >= 15 is 0 Å². The minimum atomic E-state index is -4.12. The average molecular weight is 384 g/mol. The van der Waals surface area contributed by atoms with Crippen LogP contribution in [0.15, 0.2) is 33.3 Å². The fraction of sp³-hybridized carbons (Fsp3) is 0.200. The number of nitrogens with one attached hydrogen (secondary N) is 1. The fourth-order valence-corrected chi connectivity index (χ4v) is 4.94. The Morgan fingerprint density at radius 3 is 2.62 bits per heavy atom. The van der Waals surface area contributed by atoms with Gasteiger partial charge in [-0.05, 0) is 38.5 Å². The molecule has 0 aliphatic heterocycles. The van der Waals surface area contributed by atoms with E-state index in [0.29, 0.717) is 10.7 Å². The standard InChI is InChI=1S/C15H14ClN3O3S2/c1-8-4-5-12(11(16)6-8)18-24(21,22)13-10(3)17-15-19(14(13)20)9(2)7-23-15/h4-7,18H,1-3H3. The second-order valence-electron chi connectivity index (χ2n) is 5.42. The highest BCUT2D eigenvalue weighted by Crippen LogP contribution is 2.26. The van der Waals surface area contributed by atoms with Crippen LogP contribution >= 0.6 is 22.9 Å². The molecule has 0 spiro atoms. The minimum Gasteiger partial charge on any atom is -0.278 e. The first-order valence-corrected chi connectivity index (χ1v) is 9.71. The summed E-state index contributed by atoms with van der Waals surface area (Å²) in [5.41, 5.74) is 1.28. The second kappa shape index (κ2) is 5.87. The van der Waals surface area contributed by atoms with Crippen LogP contribution in [0.25, 0.3) is 4.96 Å². The number of anilines is 1. The first-order chi connectivity index (χ1) is 11.2. The Kier molecular flexibility index (Phi) is 4.15. The van der Waals surface area contributed by atoms with Crippen molar-refractivity contribution in [3.63, 3.8) is 0 Å². The lowest BCUT2D eigenvalue weighted by Gasteiger charge is -2.11. The second-order valence-corrected chi connectivity index (χ2v) is 8.28. The van der Waals surface area contributed by atoms with Gasteiger partial charge in [-0.15, -0.1) is 11.3 Å². The summed E-state index contributed by atoms with van der Waals surface area (Å²) in [4.78, 5) is 17.0. The van der Waals surface area contributed by atoms with Crippen LogP contribution in [0.5, 0.6) is 0 Å². The highest BCUT2D eigenvalue weighted by atomic mass is 35.5. The molecule has 0 aliphatic rings. The summed E-state index contributed by atoms with van der Waals surface area (Å²) in [7, 11) is -4.12. The Labute approximate surface area is 147 Å². The molecular formula is C15H14ClN3O3S2. The van der Waals surface area contributed by atoms with Gasteiger partial charge in [0, 0.05) is 11.1 Å². The van der Waals surface area contributed by atoms with Crippen molar-refractivity contribution >= 4 is 43.6 Å². The third-order valence-corrected chi connectivity index (χ3v) is 6.26. The Hall–Kier alpha value is -1.90. The van der Waals surface area contributed by atoms with Crippen molar-refractivity contribution in [3.8, 4) is 0 Å². The van der Waals surface area contributed by atoms with Crippen LogP contribution in [-0.2, 0) is 10.0 Å². The summed E-state index contributed by atoms with van der Waals surface area (Å²) in [6.07, 6.45) is 0. The van der Waals surface area contributed by atoms with Gasteiger partial charge >= 0.3 is 0 Å². The van der Waals surface area contributed by atoms with Gasteiger partial charge in [0.1, 0.15) is 0 Å². The molecule has 0 radical (unpaired) electrons. The van der Waals surface area contributed by atoms with Crippen molar-refractivity contribution in [2.45, 2.75) is 25.7 Å². The summed E-state index contributed by atoms with van der Waals surface area (Å²) in [5.74, 6) is 0. The zero-order valence-electron chi connectivity index (χ0n) is 13.1. The number of aromatic nitrogens is 2. The van der Waals surface area contributed by atoms with Crippen LogP contribution in [0.4, 0.5) is 5.69 Å². The van der Waals surface area contributed by atoms with Crippen molar-refractivity contribution < 1.29 is 8.42 Å². The zero-order chi connectivity index (χ0) is 17.6. The van der Waals surface area contributed by atoms with Crippen LogP contribution < -0.4 is 10.3 Å². The molecule has 0 bridgehead atoms. The molecule has 3 aromatic rings. The number of halogens is 1. The van der Waals surface area contributed by atoms with Crippen LogP contribution in [0.3, 0.4) is 0 Å². The number of sulfonamides is 1. The largest absolute Gasteiger partial charge is 0.279 e. The molecular weight excluding hydrogens is 370 g/mol. The van der Waals surface area contributed by atoms with Crippen molar-refractivity contribution in [2.75, 3.05) is 4.72 Å². The Morgan fingerprint density at radius 2 is 1.96 bits per heavy atom. The smallest absolute Gasteiger partial charge is 0.278 e. The predicted molar refractivity (Wildman–Crippen MR) is 95.8 cm³/mol. The van der Waals surface area contributed by atoms with E-state index in [9.17, 15) is 13.2 Å². The number of nitrogens with zero attached hydrogens (tertiary/aromatic N) is 2. The third kappa shape index (κ3) is 2.81. The molecule has 126 valence electrons. The molecule has 0 aliphatic carbocycles. The average Bonchev–Trinajstić information content (AvgIpc) is 2.83. The van der Waals surface area contributed by atoms with Crippen LogP contribution in [0.2, 0.25) is 5.02 Å². The fourth-order valence-electron chi connectivity index (χ4n) is 2.38. The van der Waals surface area contributed by atoms with Crippen LogP contribution in [0.1, 0.15) is 17.0 Å². The topological polar surface area (TPSA) is 80.5 Å². The molecule has 0 atom stereocenters. The number of benzene rings is 1. The molecule has 0 fully saturated rings. The van der Waals surface area contributed by atoms with Gasteiger partial charge in [0.05, 0.1) is 16.4 Å². The number of rotatable bonds is 3. The molecule has 0 saturated carbocycles. The maximum absolute atomic E-state index is 12.7. The maximum atomic E-state index is 12.7. The normalized spacial score (nSPS) is 11.8. The van der Waals surface area contributed by atoms with E-state index in [2.05, 4.69) is 9.71 Å². The van der Waals surface area contributed by atoms with Gasteiger partial charge in [-0.3, -0.25) is 13.9 Å². The van der Waals surface area contributed by atoms with Crippen LogP contribution in [-0.4, -0.2) is 17.8 Å². The monoisotopic (exact) mass is 383 g/mol. The van der Waals surface area contributed by atoms with Gasteiger partial charge in [0.15, 0.2) is 9.86 Å². The third-order valence-electron chi connectivity index (χ3n) is 3.51. The Morgan fingerprint density at radius 1 is 1.25 bits per heavy atom. The summed E-state index contributed by atoms with van der Waals surface area (Å²) >= 11 is 7.37. The van der Waals surface area contributed by atoms with E-state index in [0.717, 1.165) is 5.56 Å². The van der Waals surface area contributed by atoms with Gasteiger partial charge in [-0.25, -0.2) is 13.4 Å². The lowest BCUT2D eigenvalue weighted by atomic mass is 10.2. The summed E-state index contributed by atoms with van der Waals surface area (Å²) < 4.78 is 29.1. The van der Waals surface area contributed by atoms with Crippen LogP contribution in [0, 0.1) is 20.8 Å². The van der Waals surface area contributed by atoms with Gasteiger partial charge in [-0.1, -0.05) is 17.7 Å². The maximum Gasteiger partial charge on any atom is 0.279 e. The summed E-state index contributed by atoms with van der Waals surface area (Å²) in [6.45, 7) is 5.07. The molecule has 2 aromatic heterocycles. The Balaban J connectivity index is 2.18. The number of thiazole rings is 1. The number of hydrogen-bond donors (Lipinski definition) is 1. The highest BCUT2D eigenvalue weighted by molar-refractivity contribution is 7.92. The van der Waals surface area contributed by atoms with Crippen molar-refractivity contribution in [2.24, 2.45) is 0 Å². The molecule has 6 nitrogen and oxygen atoms in total. The van der Waals surface area contributed by atoms with Gasteiger partial charge in [-0.2, -0.15) is 0 Å². The minimum absolute atomic E-state index is 0.151. The molecule has 2 heterocycles. The SMILES string of the molecule is Cc1ccc(NS(=O)(=O)c2c(C)nc3scc(C)n3c2=O)c(Cl)c1. The Bertz CT molecular complexity index is 1120. The lowest BCUT2D eigenvalue weighted by molar-refractivity contribution is 0.598. The van der Waals surface area contributed by atoms with E-state index < -0.39 is 15.6 Å². The molecule has 0 unspecified atom stereocenters. The van der Waals surface area contributed by atoms with Gasteiger partial charge in [0.2, 0.25) is 0 Å². The van der Waals surface area contributed by atoms with Gasteiger partial charge < -0.3 is 0 Å². The lowest BCUT2D eigenvalue weighted by Crippen LogP contribution is -2.28. The molecule has 9 heteroatoms. The van der Waals surface area contributed by atoms with E-state index in [4.69, 9.17) is 11.6 Å². The predicted octanol–water partition coefficient (Wildman–Crippen LogP) is 3.14. The molecule has 24 heavy (non-hydrogen) atoms. The summed E-state index contributed by atoms with van der Waals surface area (Å²) in [6, 6.07) is 4.93. The van der Waals surface area contributed by atoms with Crippen molar-refractivity contribution in [1.82, 2.24) is 9.38 Å².